The van der Waals surface area contributed by atoms with Crippen LogP contribution in [0.1, 0.15) is 29.6 Å². The minimum atomic E-state index is -0.957. The molecule has 0 saturated carbocycles. The molecule has 8 heteroatoms. The molecule has 2 amide bonds. The lowest BCUT2D eigenvalue weighted by Crippen LogP contribution is -2.56. The molecule has 2 saturated heterocycles. The number of carboxylic acid groups (broad SMARTS) is 1. The summed E-state index contributed by atoms with van der Waals surface area (Å²) < 4.78 is 5.25. The third-order valence-corrected chi connectivity index (χ3v) is 5.91. The molecule has 1 aromatic rings. The molecule has 0 aromatic heterocycles. The lowest BCUT2D eigenvalue weighted by molar-refractivity contribution is -0.145. The van der Waals surface area contributed by atoms with E-state index in [0.717, 1.165) is 0 Å². The van der Waals surface area contributed by atoms with Crippen LogP contribution >= 0.6 is 11.6 Å². The van der Waals surface area contributed by atoms with Gasteiger partial charge in [0.1, 0.15) is 5.75 Å². The third-order valence-electron chi connectivity index (χ3n) is 5.68. The van der Waals surface area contributed by atoms with Gasteiger partial charge in [-0.1, -0.05) is 11.6 Å². The lowest BCUT2D eigenvalue weighted by atomic mass is 9.77. The molecule has 2 heterocycles. The highest BCUT2D eigenvalue weighted by Gasteiger charge is 2.55. The van der Waals surface area contributed by atoms with Gasteiger partial charge in [-0.15, -0.1) is 0 Å². The smallest absolute Gasteiger partial charge is 0.309 e. The first-order valence-electron chi connectivity index (χ1n) is 8.42. The zero-order valence-corrected chi connectivity index (χ0v) is 15.5. The number of benzene rings is 1. The Balaban J connectivity index is 1.79. The molecule has 140 valence electrons. The second kappa shape index (κ2) is 6.79. The maximum atomic E-state index is 12.9. The van der Waals surface area contributed by atoms with Gasteiger partial charge in [-0.05, 0) is 31.0 Å². The van der Waals surface area contributed by atoms with E-state index in [2.05, 4.69) is 0 Å². The number of likely N-dealkylation sites (tertiary alicyclic amines) is 2. The van der Waals surface area contributed by atoms with Gasteiger partial charge in [0.05, 0.1) is 24.1 Å². The van der Waals surface area contributed by atoms with Gasteiger partial charge in [0.25, 0.3) is 5.91 Å². The summed E-state index contributed by atoms with van der Waals surface area (Å²) in [6.07, 6.45) is 0.895. The van der Waals surface area contributed by atoms with Crippen LogP contribution in [0.2, 0.25) is 5.02 Å². The highest BCUT2D eigenvalue weighted by atomic mass is 35.5. The van der Waals surface area contributed by atoms with Crippen molar-refractivity contribution in [3.8, 4) is 5.75 Å². The molecule has 3 rings (SSSR count). The van der Waals surface area contributed by atoms with Crippen LogP contribution in [0.3, 0.4) is 0 Å². The number of piperidine rings is 1. The zero-order valence-electron chi connectivity index (χ0n) is 14.7. The average molecular weight is 381 g/mol. The molecule has 0 aliphatic carbocycles. The van der Waals surface area contributed by atoms with Crippen molar-refractivity contribution in [3.05, 3.63) is 28.8 Å². The molecule has 7 nitrogen and oxygen atoms in total. The van der Waals surface area contributed by atoms with Gasteiger partial charge in [-0.3, -0.25) is 14.4 Å². The fourth-order valence-electron chi connectivity index (χ4n) is 4.09. The number of amides is 2. The number of carbonyl (C=O) groups excluding carboxylic acids is 2. The number of aliphatic carboxylic acids is 1. The van der Waals surface area contributed by atoms with Crippen LogP contribution < -0.4 is 4.74 Å². The number of carbonyl (C=O) groups is 3. The van der Waals surface area contributed by atoms with Crippen LogP contribution in [-0.4, -0.2) is 65.5 Å². The number of carboxylic acids is 1. The van der Waals surface area contributed by atoms with E-state index in [1.165, 1.54) is 7.11 Å². The predicted molar refractivity (Wildman–Crippen MR) is 94.4 cm³/mol. The van der Waals surface area contributed by atoms with E-state index in [4.69, 9.17) is 16.3 Å². The molecule has 1 aromatic carbocycles. The van der Waals surface area contributed by atoms with Crippen molar-refractivity contribution >= 4 is 29.4 Å². The third kappa shape index (κ3) is 2.90. The lowest BCUT2D eigenvalue weighted by Gasteiger charge is -2.45. The zero-order chi connectivity index (χ0) is 19.1. The van der Waals surface area contributed by atoms with E-state index in [1.54, 1.807) is 35.0 Å². The molecular formula is C18H21ClN2O5. The predicted octanol–water partition coefficient (Wildman–Crippen LogP) is 1.89. The fourth-order valence-corrected chi connectivity index (χ4v) is 4.26. The van der Waals surface area contributed by atoms with Gasteiger partial charge >= 0.3 is 5.97 Å². The summed E-state index contributed by atoms with van der Waals surface area (Å²) in [6, 6.07) is 4.84. The Labute approximate surface area is 156 Å². The Kier molecular flexibility index (Phi) is 4.84. The number of hydrogen-bond donors (Lipinski definition) is 1. The molecule has 2 fully saturated rings. The van der Waals surface area contributed by atoms with Crippen molar-refractivity contribution in [2.75, 3.05) is 27.2 Å². The minimum Gasteiger partial charge on any atom is -0.496 e. The van der Waals surface area contributed by atoms with Crippen molar-refractivity contribution in [1.29, 1.82) is 0 Å². The van der Waals surface area contributed by atoms with Crippen molar-refractivity contribution in [2.24, 2.45) is 5.92 Å². The number of nitrogens with zero attached hydrogens (tertiary/aromatic N) is 2. The fraction of sp³-hybridized carbons (Fsp3) is 0.500. The Morgan fingerprint density at radius 3 is 2.54 bits per heavy atom. The second-order valence-electron chi connectivity index (χ2n) is 6.79. The molecular weight excluding hydrogens is 360 g/mol. The standard InChI is InChI=1S/C18H21ClN2O5/c1-20-15(22)10-13(17(24)25)18(20)5-7-21(8-6-18)16(23)12-4-3-11(19)9-14(12)26-2/h3-4,9,13H,5-8,10H2,1-2H3,(H,24,25)/t13-/m0/s1. The molecule has 0 radical (unpaired) electrons. The quantitative estimate of drug-likeness (QED) is 0.865. The van der Waals surface area contributed by atoms with Crippen molar-refractivity contribution < 1.29 is 24.2 Å². The first-order chi connectivity index (χ1) is 12.3. The van der Waals surface area contributed by atoms with Crippen LogP contribution in [0.25, 0.3) is 0 Å². The maximum Gasteiger partial charge on any atom is 0.309 e. The van der Waals surface area contributed by atoms with Crippen LogP contribution in [0.4, 0.5) is 0 Å². The first kappa shape index (κ1) is 18.5. The highest BCUT2D eigenvalue weighted by Crippen LogP contribution is 2.43. The number of halogens is 1. The van der Waals surface area contributed by atoms with E-state index >= 15 is 0 Å². The van der Waals surface area contributed by atoms with E-state index < -0.39 is 17.4 Å². The van der Waals surface area contributed by atoms with Gasteiger partial charge in [-0.25, -0.2) is 0 Å². The van der Waals surface area contributed by atoms with Crippen molar-refractivity contribution in [2.45, 2.75) is 24.8 Å². The van der Waals surface area contributed by atoms with E-state index in [1.807, 2.05) is 0 Å². The Hall–Kier alpha value is -2.28. The Bertz CT molecular complexity index is 758. The summed E-state index contributed by atoms with van der Waals surface area (Å²) in [5.41, 5.74) is -0.303. The van der Waals surface area contributed by atoms with E-state index in [0.29, 0.717) is 42.3 Å². The summed E-state index contributed by atoms with van der Waals surface area (Å²) in [7, 11) is 3.13. The first-order valence-corrected chi connectivity index (χ1v) is 8.80. The summed E-state index contributed by atoms with van der Waals surface area (Å²) in [5, 5.41) is 10.0. The molecule has 1 atom stereocenters. The van der Waals surface area contributed by atoms with Gasteiger partial charge in [0.2, 0.25) is 5.91 Å². The maximum absolute atomic E-state index is 12.9. The Morgan fingerprint density at radius 2 is 1.96 bits per heavy atom. The molecule has 1 N–H and O–H groups in total. The number of hydrogen-bond acceptors (Lipinski definition) is 4. The summed E-state index contributed by atoms with van der Waals surface area (Å²) in [4.78, 5) is 39.8. The van der Waals surface area contributed by atoms with Crippen LogP contribution in [-0.2, 0) is 9.59 Å². The molecule has 2 aliphatic rings. The second-order valence-corrected chi connectivity index (χ2v) is 7.22. The van der Waals surface area contributed by atoms with Gasteiger partial charge in [-0.2, -0.15) is 0 Å². The molecule has 2 aliphatic heterocycles. The molecule has 26 heavy (non-hydrogen) atoms. The van der Waals surface area contributed by atoms with Crippen molar-refractivity contribution in [3.63, 3.8) is 0 Å². The largest absolute Gasteiger partial charge is 0.496 e. The van der Waals surface area contributed by atoms with Crippen molar-refractivity contribution in [1.82, 2.24) is 9.80 Å². The average Bonchev–Trinajstić information content (AvgIpc) is 2.87. The molecule has 1 spiro atoms. The van der Waals surface area contributed by atoms with E-state index in [9.17, 15) is 19.5 Å². The molecule has 0 bridgehead atoms. The summed E-state index contributed by atoms with van der Waals surface area (Å²) >= 11 is 5.95. The van der Waals surface area contributed by atoms with Gasteiger partial charge in [0.15, 0.2) is 0 Å². The van der Waals surface area contributed by atoms with Crippen LogP contribution in [0.15, 0.2) is 18.2 Å². The van der Waals surface area contributed by atoms with Gasteiger partial charge in [0, 0.05) is 31.6 Å². The topological polar surface area (TPSA) is 87.1 Å². The minimum absolute atomic E-state index is 0.0186. The Morgan fingerprint density at radius 1 is 1.31 bits per heavy atom. The van der Waals surface area contributed by atoms with Crippen LogP contribution in [0, 0.1) is 5.92 Å². The molecule has 0 unspecified atom stereocenters. The summed E-state index contributed by atoms with van der Waals surface area (Å²) in [6.45, 7) is 0.762. The normalized spacial score (nSPS) is 22.0. The number of methoxy groups -OCH3 is 1. The number of ether oxygens (including phenoxy) is 1. The SMILES string of the molecule is COc1cc(Cl)ccc1C(=O)N1CCC2(CC1)[C@H](C(=O)O)CC(=O)N2C. The monoisotopic (exact) mass is 380 g/mol. The number of rotatable bonds is 3. The van der Waals surface area contributed by atoms with Crippen LogP contribution in [0.5, 0.6) is 5.75 Å². The highest BCUT2D eigenvalue weighted by molar-refractivity contribution is 6.30. The van der Waals surface area contributed by atoms with Gasteiger partial charge < -0.3 is 19.6 Å². The van der Waals surface area contributed by atoms with E-state index in [-0.39, 0.29) is 18.2 Å². The summed E-state index contributed by atoms with van der Waals surface area (Å²) in [5.74, 6) is -1.63.